The molecule has 1 N–H and O–H groups in total. The second kappa shape index (κ2) is 8.21. The minimum atomic E-state index is -0.452. The molecule has 2 aromatic rings. The number of aliphatic hydroxyl groups excluding tert-OH is 1. The lowest BCUT2D eigenvalue weighted by molar-refractivity contribution is 0.134. The Kier molecular flexibility index (Phi) is 5.71. The molecule has 0 saturated carbocycles. The lowest BCUT2D eigenvalue weighted by Gasteiger charge is -2.36. The van der Waals surface area contributed by atoms with Gasteiger partial charge in [-0.25, -0.2) is 0 Å². The number of halogens is 1. The normalized spacial score (nSPS) is 19.1. The van der Waals surface area contributed by atoms with Crippen LogP contribution in [0.5, 0.6) is 0 Å². The second-order valence-corrected chi connectivity index (χ2v) is 8.19. The molecule has 0 amide bonds. The lowest BCUT2D eigenvalue weighted by Crippen LogP contribution is -2.46. The van der Waals surface area contributed by atoms with Gasteiger partial charge < -0.3 is 10.0 Å². The highest BCUT2D eigenvalue weighted by Gasteiger charge is 2.25. The molecule has 5 nitrogen and oxygen atoms in total. The van der Waals surface area contributed by atoms with Gasteiger partial charge in [0.15, 0.2) is 0 Å². The fourth-order valence-corrected chi connectivity index (χ4v) is 4.52. The van der Waals surface area contributed by atoms with E-state index in [4.69, 9.17) is 11.6 Å². The summed E-state index contributed by atoms with van der Waals surface area (Å²) >= 11 is 5.98. The molecule has 0 spiro atoms. The molecular weight excluding hydrogens is 360 g/mol. The predicted octanol–water partition coefficient (Wildman–Crippen LogP) is 3.20. The van der Waals surface area contributed by atoms with Crippen molar-refractivity contribution in [2.45, 2.75) is 38.2 Å². The number of fused-ring (bicyclic) bond motifs is 1. The molecule has 27 heavy (non-hydrogen) atoms. The molecule has 146 valence electrons. The van der Waals surface area contributed by atoms with Crippen LogP contribution in [0, 0.1) is 0 Å². The Bertz CT molecular complexity index is 765. The highest BCUT2D eigenvalue weighted by Crippen LogP contribution is 2.29. The highest BCUT2D eigenvalue weighted by molar-refractivity contribution is 6.30. The molecule has 2 aliphatic rings. The maximum absolute atomic E-state index is 10.8. The molecular formula is C21H29ClN4O. The first-order valence-electron chi connectivity index (χ1n) is 10.1. The summed E-state index contributed by atoms with van der Waals surface area (Å²) in [4.78, 5) is 4.85. The van der Waals surface area contributed by atoms with Gasteiger partial charge in [0.05, 0.1) is 11.8 Å². The summed E-state index contributed by atoms with van der Waals surface area (Å²) < 4.78 is 1.98. The topological polar surface area (TPSA) is 44.5 Å². The number of benzene rings is 1. The van der Waals surface area contributed by atoms with Crippen molar-refractivity contribution in [1.82, 2.24) is 14.7 Å². The van der Waals surface area contributed by atoms with Crippen LogP contribution < -0.4 is 4.90 Å². The zero-order valence-electron chi connectivity index (χ0n) is 16.1. The smallest absolute Gasteiger partial charge is 0.0993 e. The molecule has 0 bridgehead atoms. The van der Waals surface area contributed by atoms with Crippen LogP contribution >= 0.6 is 11.6 Å². The molecule has 2 heterocycles. The molecule has 1 atom stereocenters. The molecule has 4 rings (SSSR count). The Labute approximate surface area is 166 Å². The van der Waals surface area contributed by atoms with Crippen LogP contribution in [0.15, 0.2) is 24.3 Å². The zero-order valence-corrected chi connectivity index (χ0v) is 16.8. The standard InChI is InChI=1S/C21H29ClN4O/c1-24-19-5-3-2-4-18(19)21(23-24)20(27)10-11-25-12-14-26(15-13-25)17-8-6-16(22)7-9-17/h6-9,20,27H,2-5,10-15H2,1H3. The monoisotopic (exact) mass is 388 g/mol. The van der Waals surface area contributed by atoms with Crippen molar-refractivity contribution >= 4 is 17.3 Å². The summed E-state index contributed by atoms with van der Waals surface area (Å²) in [5.41, 5.74) is 4.79. The van der Waals surface area contributed by atoms with E-state index in [1.165, 1.54) is 29.8 Å². The SMILES string of the molecule is Cn1nc(C(O)CCN2CCN(c3ccc(Cl)cc3)CC2)c2c1CCCC2. The molecule has 1 aliphatic carbocycles. The summed E-state index contributed by atoms with van der Waals surface area (Å²) in [5.74, 6) is 0. The molecule has 6 heteroatoms. The van der Waals surface area contributed by atoms with Crippen LogP contribution in [-0.2, 0) is 19.9 Å². The first kappa shape index (κ1) is 18.8. The van der Waals surface area contributed by atoms with Gasteiger partial charge in [-0.15, -0.1) is 0 Å². The summed E-state index contributed by atoms with van der Waals surface area (Å²) in [7, 11) is 2.01. The number of hydrogen-bond donors (Lipinski definition) is 1. The van der Waals surface area contributed by atoms with Gasteiger partial charge in [0, 0.05) is 56.2 Å². The molecule has 1 saturated heterocycles. The van der Waals surface area contributed by atoms with E-state index >= 15 is 0 Å². The fraction of sp³-hybridized carbons (Fsp3) is 0.571. The molecule has 1 aliphatic heterocycles. The van der Waals surface area contributed by atoms with Gasteiger partial charge in [0.2, 0.25) is 0 Å². The number of aliphatic hydroxyl groups is 1. The van der Waals surface area contributed by atoms with Crippen molar-refractivity contribution in [2.24, 2.45) is 7.05 Å². The van der Waals surface area contributed by atoms with Gasteiger partial charge in [-0.2, -0.15) is 5.10 Å². The third-order valence-corrected chi connectivity index (χ3v) is 6.25. The van der Waals surface area contributed by atoms with Crippen LogP contribution in [0.25, 0.3) is 0 Å². The Morgan fingerprint density at radius 1 is 1.07 bits per heavy atom. The van der Waals surface area contributed by atoms with Gasteiger partial charge >= 0.3 is 0 Å². The van der Waals surface area contributed by atoms with Crippen molar-refractivity contribution in [3.05, 3.63) is 46.2 Å². The van der Waals surface area contributed by atoms with Crippen LogP contribution in [0.3, 0.4) is 0 Å². The largest absolute Gasteiger partial charge is 0.387 e. The van der Waals surface area contributed by atoms with Gasteiger partial charge in [-0.3, -0.25) is 9.58 Å². The number of nitrogens with zero attached hydrogens (tertiary/aromatic N) is 4. The van der Waals surface area contributed by atoms with E-state index in [0.717, 1.165) is 62.7 Å². The number of anilines is 1. The minimum absolute atomic E-state index is 0.452. The van der Waals surface area contributed by atoms with E-state index < -0.39 is 6.10 Å². The van der Waals surface area contributed by atoms with Gasteiger partial charge in [-0.1, -0.05) is 11.6 Å². The quantitative estimate of drug-likeness (QED) is 0.854. The molecule has 0 radical (unpaired) electrons. The maximum atomic E-state index is 10.8. The van der Waals surface area contributed by atoms with E-state index in [2.05, 4.69) is 27.0 Å². The molecule has 1 aromatic heterocycles. The average Bonchev–Trinajstić information content (AvgIpc) is 3.04. The van der Waals surface area contributed by atoms with Crippen molar-refractivity contribution in [1.29, 1.82) is 0 Å². The van der Waals surface area contributed by atoms with Crippen LogP contribution in [0.4, 0.5) is 5.69 Å². The van der Waals surface area contributed by atoms with Crippen molar-refractivity contribution < 1.29 is 5.11 Å². The molecule has 1 aromatic carbocycles. The summed E-state index contributed by atoms with van der Waals surface area (Å²) in [6.07, 6.45) is 4.91. The second-order valence-electron chi connectivity index (χ2n) is 7.75. The Hall–Kier alpha value is -1.56. The van der Waals surface area contributed by atoms with Crippen molar-refractivity contribution in [2.75, 3.05) is 37.6 Å². The Balaban J connectivity index is 1.29. The van der Waals surface area contributed by atoms with Gasteiger partial charge in [0.25, 0.3) is 0 Å². The Morgan fingerprint density at radius 3 is 2.52 bits per heavy atom. The molecule has 1 unspecified atom stereocenters. The maximum Gasteiger partial charge on any atom is 0.0993 e. The summed E-state index contributed by atoms with van der Waals surface area (Å²) in [6.45, 7) is 4.99. The fourth-order valence-electron chi connectivity index (χ4n) is 4.40. The van der Waals surface area contributed by atoms with E-state index in [-0.39, 0.29) is 0 Å². The van der Waals surface area contributed by atoms with Crippen LogP contribution in [0.2, 0.25) is 5.02 Å². The number of aromatic nitrogens is 2. The first-order chi connectivity index (χ1) is 13.1. The van der Waals surface area contributed by atoms with E-state index in [0.29, 0.717) is 0 Å². The van der Waals surface area contributed by atoms with E-state index in [1.807, 2.05) is 23.9 Å². The van der Waals surface area contributed by atoms with Crippen molar-refractivity contribution in [3.63, 3.8) is 0 Å². The number of aryl methyl sites for hydroxylation is 1. The third-order valence-electron chi connectivity index (χ3n) is 5.99. The average molecular weight is 389 g/mol. The highest BCUT2D eigenvalue weighted by atomic mass is 35.5. The van der Waals surface area contributed by atoms with Crippen LogP contribution in [0.1, 0.15) is 42.3 Å². The lowest BCUT2D eigenvalue weighted by atomic mass is 9.93. The van der Waals surface area contributed by atoms with Gasteiger partial charge in [0.1, 0.15) is 0 Å². The number of hydrogen-bond acceptors (Lipinski definition) is 4. The summed E-state index contributed by atoms with van der Waals surface area (Å²) in [6, 6.07) is 8.08. The first-order valence-corrected chi connectivity index (χ1v) is 10.4. The number of rotatable bonds is 5. The minimum Gasteiger partial charge on any atom is -0.387 e. The molecule has 1 fully saturated rings. The van der Waals surface area contributed by atoms with Crippen LogP contribution in [-0.4, -0.2) is 52.5 Å². The van der Waals surface area contributed by atoms with E-state index in [9.17, 15) is 5.11 Å². The third kappa shape index (κ3) is 4.15. The van der Waals surface area contributed by atoms with Gasteiger partial charge in [-0.05, 0) is 61.9 Å². The summed E-state index contributed by atoms with van der Waals surface area (Å²) in [5, 5.41) is 16.2. The van der Waals surface area contributed by atoms with Crippen molar-refractivity contribution in [3.8, 4) is 0 Å². The Morgan fingerprint density at radius 2 is 1.78 bits per heavy atom. The number of piperazine rings is 1. The zero-order chi connectivity index (χ0) is 18.8. The van der Waals surface area contributed by atoms with E-state index in [1.54, 1.807) is 0 Å². The predicted molar refractivity (Wildman–Crippen MR) is 110 cm³/mol.